The SMILES string of the molecule is [C-]#[N+]c1cc2c(s1)CN(C(=O)/C=C/CN(C)C)CC2c1ccc(O)c(F)c1-c1cn(CC)nc1C(F)(F)F. The fraction of sp³-hybridized carbons (Fsp3) is 0.346. The topological polar surface area (TPSA) is 66.0 Å². The number of hydrogen-bond donors (Lipinski definition) is 1. The van der Waals surface area contributed by atoms with Gasteiger partial charge in [0.1, 0.15) is 0 Å². The number of rotatable bonds is 6. The minimum absolute atomic E-state index is 0.0484. The Morgan fingerprint density at radius 1 is 1.34 bits per heavy atom. The number of fused-ring (bicyclic) bond motifs is 1. The van der Waals surface area contributed by atoms with Crippen LogP contribution >= 0.6 is 11.3 Å². The number of phenols is 1. The van der Waals surface area contributed by atoms with Crippen LogP contribution in [-0.4, -0.2) is 57.8 Å². The van der Waals surface area contributed by atoms with Gasteiger partial charge in [-0.2, -0.15) is 29.6 Å². The number of aromatic nitrogens is 2. The predicted octanol–water partition coefficient (Wildman–Crippen LogP) is 5.64. The number of thiophene rings is 1. The smallest absolute Gasteiger partial charge is 0.435 e. The Morgan fingerprint density at radius 2 is 2.08 bits per heavy atom. The number of carbonyl (C=O) groups excluding carboxylic acids is 1. The van der Waals surface area contributed by atoms with Crippen LogP contribution in [-0.2, 0) is 24.1 Å². The molecule has 1 aliphatic rings. The third-order valence-corrected chi connectivity index (χ3v) is 7.28. The van der Waals surface area contributed by atoms with E-state index in [1.807, 2.05) is 19.0 Å². The highest BCUT2D eigenvalue weighted by Gasteiger charge is 2.40. The van der Waals surface area contributed by atoms with Crippen molar-refractivity contribution in [3.8, 4) is 16.9 Å². The molecule has 1 N–H and O–H groups in total. The van der Waals surface area contributed by atoms with Crippen molar-refractivity contribution in [3.63, 3.8) is 0 Å². The second-order valence-electron chi connectivity index (χ2n) is 9.12. The molecule has 0 radical (unpaired) electrons. The van der Waals surface area contributed by atoms with Crippen LogP contribution in [0.2, 0.25) is 0 Å². The molecule has 0 aliphatic carbocycles. The molecule has 0 spiro atoms. The Labute approximate surface area is 221 Å². The van der Waals surface area contributed by atoms with Gasteiger partial charge in [-0.25, -0.2) is 9.24 Å². The lowest BCUT2D eigenvalue weighted by molar-refractivity contribution is -0.141. The largest absolute Gasteiger partial charge is 0.505 e. The summed E-state index contributed by atoms with van der Waals surface area (Å²) in [5, 5.41) is 14.1. The fourth-order valence-corrected chi connectivity index (χ4v) is 5.51. The first-order valence-corrected chi connectivity index (χ1v) is 12.5. The lowest BCUT2D eigenvalue weighted by Crippen LogP contribution is -2.37. The first kappa shape index (κ1) is 27.3. The van der Waals surface area contributed by atoms with Crippen LogP contribution < -0.4 is 0 Å². The Morgan fingerprint density at radius 3 is 2.71 bits per heavy atom. The molecule has 1 aromatic carbocycles. The maximum atomic E-state index is 15.5. The van der Waals surface area contributed by atoms with Gasteiger partial charge in [0, 0.05) is 53.8 Å². The summed E-state index contributed by atoms with van der Waals surface area (Å²) < 4.78 is 58.5. The van der Waals surface area contributed by atoms with E-state index in [1.54, 1.807) is 19.1 Å². The van der Waals surface area contributed by atoms with Gasteiger partial charge >= 0.3 is 6.18 Å². The van der Waals surface area contributed by atoms with E-state index in [1.165, 1.54) is 28.4 Å². The Balaban J connectivity index is 1.89. The number of benzene rings is 1. The normalized spacial score (nSPS) is 15.8. The first-order chi connectivity index (χ1) is 17.9. The zero-order valence-electron chi connectivity index (χ0n) is 20.9. The third-order valence-electron chi connectivity index (χ3n) is 6.25. The summed E-state index contributed by atoms with van der Waals surface area (Å²) in [4.78, 5) is 20.6. The molecular weight excluding hydrogens is 522 g/mol. The monoisotopic (exact) mass is 547 g/mol. The molecule has 0 saturated heterocycles. The minimum Gasteiger partial charge on any atom is -0.505 e. The average molecular weight is 548 g/mol. The number of aryl methyl sites for hydroxylation is 1. The summed E-state index contributed by atoms with van der Waals surface area (Å²) in [6.45, 7) is 9.95. The van der Waals surface area contributed by atoms with Crippen LogP contribution in [0.4, 0.5) is 22.6 Å². The molecule has 1 amide bonds. The summed E-state index contributed by atoms with van der Waals surface area (Å²) in [5.74, 6) is -3.06. The predicted molar refractivity (Wildman–Crippen MR) is 135 cm³/mol. The van der Waals surface area contributed by atoms with Gasteiger partial charge in [0.2, 0.25) is 10.9 Å². The van der Waals surface area contributed by atoms with Gasteiger partial charge in [-0.15, -0.1) is 0 Å². The van der Waals surface area contributed by atoms with Crippen LogP contribution in [0.3, 0.4) is 0 Å². The van der Waals surface area contributed by atoms with E-state index in [0.29, 0.717) is 22.0 Å². The van der Waals surface area contributed by atoms with Gasteiger partial charge < -0.3 is 14.9 Å². The summed E-state index contributed by atoms with van der Waals surface area (Å²) >= 11 is 1.19. The molecule has 3 heterocycles. The minimum atomic E-state index is -4.87. The second-order valence-corrected chi connectivity index (χ2v) is 10.2. The van der Waals surface area contributed by atoms with Crippen molar-refractivity contribution in [3.05, 3.63) is 75.5 Å². The van der Waals surface area contributed by atoms with Crippen LogP contribution in [0, 0.1) is 12.4 Å². The van der Waals surface area contributed by atoms with Crippen LogP contribution in [0.25, 0.3) is 16.0 Å². The molecule has 1 aliphatic heterocycles. The van der Waals surface area contributed by atoms with Gasteiger partial charge in [0.25, 0.3) is 0 Å². The van der Waals surface area contributed by atoms with Crippen LogP contribution in [0.1, 0.15) is 34.5 Å². The molecule has 1 atom stereocenters. The van der Waals surface area contributed by atoms with Gasteiger partial charge in [-0.1, -0.05) is 12.1 Å². The van der Waals surface area contributed by atoms with Crippen molar-refractivity contribution in [2.45, 2.75) is 32.1 Å². The number of carbonyl (C=O) groups is 1. The highest BCUT2D eigenvalue weighted by atomic mass is 32.1. The van der Waals surface area contributed by atoms with Crippen molar-refractivity contribution < 1.29 is 27.5 Å². The van der Waals surface area contributed by atoms with Crippen molar-refractivity contribution >= 4 is 22.2 Å². The van der Waals surface area contributed by atoms with E-state index in [0.717, 1.165) is 16.9 Å². The Hall–Kier alpha value is -3.69. The van der Waals surface area contributed by atoms with Gasteiger partial charge in [-0.3, -0.25) is 9.48 Å². The van der Waals surface area contributed by atoms with Gasteiger partial charge in [0.15, 0.2) is 17.3 Å². The molecule has 2 aromatic heterocycles. The maximum absolute atomic E-state index is 15.5. The highest BCUT2D eigenvalue weighted by molar-refractivity contribution is 7.16. The van der Waals surface area contributed by atoms with E-state index >= 15 is 4.39 Å². The standard InChI is InChI=1S/C26H25F4N5O2S/c1-5-35-13-18(25(32-35)26(28,29)30)23-15(8-9-19(36)24(23)27)17-12-34(22(37)7-6-10-33(3)4)14-20-16(17)11-21(31-2)38-20/h6-9,11,13,17,36H,5,10,12,14H2,1,3-4H3/b7-6+. The van der Waals surface area contributed by atoms with E-state index in [-0.39, 0.29) is 31.1 Å². The van der Waals surface area contributed by atoms with Gasteiger partial charge in [0.05, 0.1) is 13.1 Å². The number of amides is 1. The van der Waals surface area contributed by atoms with Crippen molar-refractivity contribution in [1.29, 1.82) is 0 Å². The van der Waals surface area contributed by atoms with Crippen LogP contribution in [0.5, 0.6) is 5.75 Å². The number of nitrogens with zero attached hydrogens (tertiary/aromatic N) is 5. The van der Waals surface area contributed by atoms with Crippen LogP contribution in [0.15, 0.2) is 36.5 Å². The van der Waals surface area contributed by atoms with E-state index in [9.17, 15) is 23.1 Å². The molecule has 4 rings (SSSR count). The van der Waals surface area contributed by atoms with Gasteiger partial charge in [-0.05, 0) is 44.3 Å². The zero-order chi connectivity index (χ0) is 27.8. The molecular formula is C26H25F4N5O2S. The maximum Gasteiger partial charge on any atom is 0.435 e. The van der Waals surface area contributed by atoms with E-state index in [2.05, 4.69) is 9.94 Å². The number of phenolic OH excluding ortho intramolecular Hbond substituents is 1. The first-order valence-electron chi connectivity index (χ1n) is 11.7. The summed E-state index contributed by atoms with van der Waals surface area (Å²) in [7, 11) is 3.71. The molecule has 38 heavy (non-hydrogen) atoms. The molecule has 1 unspecified atom stereocenters. The molecule has 3 aromatic rings. The van der Waals surface area contributed by atoms with E-state index < -0.39 is 40.5 Å². The molecule has 12 heteroatoms. The number of aromatic hydroxyl groups is 1. The second kappa shape index (κ2) is 10.6. The summed E-state index contributed by atoms with van der Waals surface area (Å²) in [6, 6.07) is 4.10. The highest BCUT2D eigenvalue weighted by Crippen LogP contribution is 2.47. The lowest BCUT2D eigenvalue weighted by atomic mass is 9.83. The summed E-state index contributed by atoms with van der Waals surface area (Å²) in [6.07, 6.45) is -0.635. The van der Waals surface area contributed by atoms with E-state index in [4.69, 9.17) is 6.57 Å². The quantitative estimate of drug-likeness (QED) is 0.247. The summed E-state index contributed by atoms with van der Waals surface area (Å²) in [5.41, 5.74) is -1.40. The molecule has 200 valence electrons. The zero-order valence-corrected chi connectivity index (χ0v) is 21.7. The molecule has 0 fully saturated rings. The lowest BCUT2D eigenvalue weighted by Gasteiger charge is -2.34. The average Bonchev–Trinajstić information content (AvgIpc) is 3.48. The Bertz CT molecular complexity index is 1430. The Kier molecular flexibility index (Phi) is 7.62. The number of alkyl halides is 3. The number of hydrogen-bond acceptors (Lipinski definition) is 5. The number of halogens is 4. The molecule has 0 bridgehead atoms. The fourth-order valence-electron chi connectivity index (χ4n) is 4.48. The van der Waals surface area contributed by atoms with Crippen molar-refractivity contribution in [1.82, 2.24) is 19.6 Å². The molecule has 7 nitrogen and oxygen atoms in total. The van der Waals surface area contributed by atoms with Crippen molar-refractivity contribution in [2.24, 2.45) is 0 Å². The third kappa shape index (κ3) is 5.30. The van der Waals surface area contributed by atoms with Crippen molar-refractivity contribution in [2.75, 3.05) is 27.2 Å². The molecule has 0 saturated carbocycles. The number of likely N-dealkylation sites (N-methyl/N-ethyl adjacent to an activating group) is 1.